The first-order valence-corrected chi connectivity index (χ1v) is 8.73. The molecular weight excluding hydrogens is 403 g/mol. The Morgan fingerprint density at radius 2 is 2.04 bits per heavy atom. The van der Waals surface area contributed by atoms with Gasteiger partial charge in [-0.05, 0) is 59.2 Å². The van der Waals surface area contributed by atoms with Crippen LogP contribution in [0.5, 0.6) is 5.75 Å². The van der Waals surface area contributed by atoms with Crippen LogP contribution in [0.3, 0.4) is 0 Å². The summed E-state index contributed by atoms with van der Waals surface area (Å²) in [5.74, 6) is 1.82. The van der Waals surface area contributed by atoms with Crippen LogP contribution in [0.2, 0.25) is 0 Å². The number of benzene rings is 1. The summed E-state index contributed by atoms with van der Waals surface area (Å²) in [6.07, 6.45) is 4.32. The van der Waals surface area contributed by atoms with Crippen LogP contribution in [0.15, 0.2) is 36.5 Å². The first kappa shape index (κ1) is 14.7. The molecule has 118 valence electrons. The number of aromatic nitrogens is 3. The van der Waals surface area contributed by atoms with E-state index < -0.39 is 0 Å². The summed E-state index contributed by atoms with van der Waals surface area (Å²) in [4.78, 5) is 4.51. The largest absolute Gasteiger partial charge is 0.497 e. The molecule has 0 bridgehead atoms. The van der Waals surface area contributed by atoms with E-state index in [9.17, 15) is 0 Å². The first-order chi connectivity index (χ1) is 11.2. The number of ether oxygens (including phenoxy) is 1. The number of pyridine rings is 1. The third kappa shape index (κ3) is 2.99. The second-order valence-corrected chi connectivity index (χ2v) is 6.79. The highest BCUT2D eigenvalue weighted by Gasteiger charge is 2.23. The molecule has 0 unspecified atom stereocenters. The minimum absolute atomic E-state index is 0.578. The van der Waals surface area contributed by atoms with E-state index in [1.54, 1.807) is 7.11 Å². The van der Waals surface area contributed by atoms with Gasteiger partial charge in [0, 0.05) is 12.2 Å². The molecule has 0 spiro atoms. The summed E-state index contributed by atoms with van der Waals surface area (Å²) in [6, 6.07) is 10.7. The van der Waals surface area contributed by atoms with Gasteiger partial charge in [-0.25, -0.2) is 4.98 Å². The molecule has 1 fully saturated rings. The molecule has 0 saturated heterocycles. The standard InChI is InChI=1S/C17H17IN4O/c1-23-13-6-2-11(3-7-13)10-22-14-8-9-19-17(20-12-4-5-12)15(14)16(18)21-22/h2-3,6-9,12H,4-5,10H2,1H3,(H,19,20). The Balaban J connectivity index is 1.69. The first-order valence-electron chi connectivity index (χ1n) is 7.65. The topological polar surface area (TPSA) is 52.0 Å². The molecule has 2 aromatic heterocycles. The highest BCUT2D eigenvalue weighted by Crippen LogP contribution is 2.31. The molecule has 0 atom stereocenters. The average Bonchev–Trinajstić information content (AvgIpc) is 3.33. The molecular formula is C17H17IN4O. The highest BCUT2D eigenvalue weighted by atomic mass is 127. The molecule has 4 rings (SSSR count). The number of hydrogen-bond acceptors (Lipinski definition) is 4. The fraction of sp³-hybridized carbons (Fsp3) is 0.294. The maximum absolute atomic E-state index is 5.21. The van der Waals surface area contributed by atoms with E-state index in [1.807, 2.05) is 29.1 Å². The van der Waals surface area contributed by atoms with Gasteiger partial charge in [-0.3, -0.25) is 4.68 Å². The minimum Gasteiger partial charge on any atom is -0.497 e. The van der Waals surface area contributed by atoms with Gasteiger partial charge in [-0.15, -0.1) is 0 Å². The van der Waals surface area contributed by atoms with Crippen LogP contribution < -0.4 is 10.1 Å². The SMILES string of the molecule is COc1ccc(Cn2nc(I)c3c(NC4CC4)nccc32)cc1. The molecule has 0 aliphatic heterocycles. The number of nitrogens with one attached hydrogen (secondary N) is 1. The maximum Gasteiger partial charge on any atom is 0.138 e. The lowest BCUT2D eigenvalue weighted by Gasteiger charge is -2.07. The summed E-state index contributed by atoms with van der Waals surface area (Å²) >= 11 is 2.29. The maximum atomic E-state index is 5.21. The molecule has 5 nitrogen and oxygen atoms in total. The Hall–Kier alpha value is -1.83. The number of anilines is 1. The van der Waals surface area contributed by atoms with E-state index in [0.29, 0.717) is 6.04 Å². The summed E-state index contributed by atoms with van der Waals surface area (Å²) < 4.78 is 8.24. The molecule has 0 radical (unpaired) electrons. The number of methoxy groups -OCH3 is 1. The number of rotatable bonds is 5. The van der Waals surface area contributed by atoms with Crippen LogP contribution in [0.25, 0.3) is 10.9 Å². The Labute approximate surface area is 148 Å². The Morgan fingerprint density at radius 3 is 2.74 bits per heavy atom. The van der Waals surface area contributed by atoms with Crippen molar-refractivity contribution in [3.8, 4) is 5.75 Å². The molecule has 1 aliphatic rings. The van der Waals surface area contributed by atoms with Gasteiger partial charge in [0.25, 0.3) is 0 Å². The van der Waals surface area contributed by atoms with E-state index in [4.69, 9.17) is 9.84 Å². The summed E-state index contributed by atoms with van der Waals surface area (Å²) in [5.41, 5.74) is 2.31. The van der Waals surface area contributed by atoms with Gasteiger partial charge in [0.05, 0.1) is 24.6 Å². The fourth-order valence-corrected chi connectivity index (χ4v) is 3.43. The predicted molar refractivity (Wildman–Crippen MR) is 99.0 cm³/mol. The lowest BCUT2D eigenvalue weighted by molar-refractivity contribution is 0.414. The fourth-order valence-electron chi connectivity index (χ4n) is 2.63. The molecule has 1 aliphatic carbocycles. The molecule has 0 amide bonds. The second kappa shape index (κ2) is 5.99. The van der Waals surface area contributed by atoms with E-state index >= 15 is 0 Å². The van der Waals surface area contributed by atoms with Crippen LogP contribution in [-0.2, 0) is 6.54 Å². The number of nitrogens with zero attached hydrogens (tertiary/aromatic N) is 3. The van der Waals surface area contributed by atoms with Crippen molar-refractivity contribution in [2.45, 2.75) is 25.4 Å². The monoisotopic (exact) mass is 420 g/mol. The summed E-state index contributed by atoms with van der Waals surface area (Å²) in [7, 11) is 1.68. The van der Waals surface area contributed by atoms with Gasteiger partial charge in [0.1, 0.15) is 15.3 Å². The summed E-state index contributed by atoms with van der Waals surface area (Å²) in [6.45, 7) is 0.733. The molecule has 3 aromatic rings. The third-order valence-electron chi connectivity index (χ3n) is 4.03. The van der Waals surface area contributed by atoms with E-state index in [-0.39, 0.29) is 0 Å². The van der Waals surface area contributed by atoms with Crippen molar-refractivity contribution in [3.63, 3.8) is 0 Å². The van der Waals surface area contributed by atoms with Crippen LogP contribution in [0, 0.1) is 3.70 Å². The smallest absolute Gasteiger partial charge is 0.138 e. The summed E-state index contributed by atoms with van der Waals surface area (Å²) in [5, 5.41) is 9.33. The normalized spacial score (nSPS) is 14.2. The zero-order valence-corrected chi connectivity index (χ0v) is 14.9. The molecule has 1 N–H and O–H groups in total. The zero-order chi connectivity index (χ0) is 15.8. The molecule has 1 aromatic carbocycles. The van der Waals surface area contributed by atoms with Gasteiger partial charge in [-0.1, -0.05) is 12.1 Å². The van der Waals surface area contributed by atoms with Crippen molar-refractivity contribution in [2.75, 3.05) is 12.4 Å². The van der Waals surface area contributed by atoms with Gasteiger partial charge < -0.3 is 10.1 Å². The quantitative estimate of drug-likeness (QED) is 0.641. The highest BCUT2D eigenvalue weighted by molar-refractivity contribution is 14.1. The average molecular weight is 420 g/mol. The minimum atomic E-state index is 0.578. The van der Waals surface area contributed by atoms with E-state index in [0.717, 1.165) is 32.7 Å². The van der Waals surface area contributed by atoms with Gasteiger partial charge in [-0.2, -0.15) is 5.10 Å². The van der Waals surface area contributed by atoms with Crippen molar-refractivity contribution >= 4 is 39.3 Å². The van der Waals surface area contributed by atoms with Crippen LogP contribution in [0.1, 0.15) is 18.4 Å². The van der Waals surface area contributed by atoms with Crippen molar-refractivity contribution in [1.82, 2.24) is 14.8 Å². The third-order valence-corrected chi connectivity index (χ3v) is 4.79. The Kier molecular flexibility index (Phi) is 3.84. The molecule has 1 saturated carbocycles. The van der Waals surface area contributed by atoms with E-state index in [1.165, 1.54) is 18.4 Å². The number of fused-ring (bicyclic) bond motifs is 1. The Morgan fingerprint density at radius 1 is 1.26 bits per heavy atom. The lowest BCUT2D eigenvalue weighted by atomic mass is 10.2. The van der Waals surface area contributed by atoms with Crippen LogP contribution in [-0.4, -0.2) is 27.9 Å². The number of hydrogen-bond donors (Lipinski definition) is 1. The van der Waals surface area contributed by atoms with Crippen LogP contribution in [0.4, 0.5) is 5.82 Å². The predicted octanol–water partition coefficient (Wildman–Crippen LogP) is 3.67. The number of halogens is 1. The van der Waals surface area contributed by atoms with Crippen molar-refractivity contribution in [1.29, 1.82) is 0 Å². The molecule has 23 heavy (non-hydrogen) atoms. The van der Waals surface area contributed by atoms with Crippen molar-refractivity contribution in [2.24, 2.45) is 0 Å². The van der Waals surface area contributed by atoms with Gasteiger partial charge in [0.15, 0.2) is 0 Å². The zero-order valence-electron chi connectivity index (χ0n) is 12.8. The second-order valence-electron chi connectivity index (χ2n) is 5.77. The van der Waals surface area contributed by atoms with Crippen molar-refractivity contribution in [3.05, 3.63) is 45.8 Å². The van der Waals surface area contributed by atoms with Crippen molar-refractivity contribution < 1.29 is 4.74 Å². The lowest BCUT2D eigenvalue weighted by Crippen LogP contribution is -2.04. The molecule has 2 heterocycles. The van der Waals surface area contributed by atoms with Gasteiger partial charge >= 0.3 is 0 Å². The molecule has 6 heteroatoms. The Bertz CT molecular complexity index is 840. The van der Waals surface area contributed by atoms with E-state index in [2.05, 4.69) is 45.0 Å². The van der Waals surface area contributed by atoms with Crippen LogP contribution >= 0.6 is 22.6 Å². The van der Waals surface area contributed by atoms with Gasteiger partial charge in [0.2, 0.25) is 0 Å².